The molecule has 0 radical (unpaired) electrons. The molecule has 5 nitrogen and oxygen atoms in total. The number of aliphatic hydroxyl groups is 1. The van der Waals surface area contributed by atoms with Gasteiger partial charge in [0.1, 0.15) is 5.82 Å². The van der Waals surface area contributed by atoms with Crippen molar-refractivity contribution in [2.24, 2.45) is 0 Å². The molecule has 1 aromatic rings. The summed E-state index contributed by atoms with van der Waals surface area (Å²) in [5, 5.41) is 15.7. The quantitative estimate of drug-likeness (QED) is 0.699. The second-order valence-electron chi connectivity index (χ2n) is 4.21. The van der Waals surface area contributed by atoms with Crippen molar-refractivity contribution in [3.63, 3.8) is 0 Å². The zero-order valence-electron chi connectivity index (χ0n) is 9.53. The average molecular weight is 222 g/mol. The molecule has 0 bridgehead atoms. The van der Waals surface area contributed by atoms with E-state index in [1.807, 2.05) is 13.0 Å². The predicted molar refractivity (Wildman–Crippen MR) is 63.5 cm³/mol. The van der Waals surface area contributed by atoms with Gasteiger partial charge >= 0.3 is 0 Å². The Morgan fingerprint density at radius 2 is 2.31 bits per heavy atom. The van der Waals surface area contributed by atoms with Gasteiger partial charge in [0, 0.05) is 12.7 Å². The highest BCUT2D eigenvalue weighted by molar-refractivity contribution is 5.42. The van der Waals surface area contributed by atoms with Crippen molar-refractivity contribution in [3.8, 4) is 0 Å². The van der Waals surface area contributed by atoms with Crippen LogP contribution in [-0.2, 0) is 0 Å². The Morgan fingerprint density at radius 3 is 2.88 bits per heavy atom. The van der Waals surface area contributed by atoms with E-state index in [2.05, 4.69) is 20.6 Å². The van der Waals surface area contributed by atoms with Crippen LogP contribution >= 0.6 is 0 Å². The molecule has 1 aromatic heterocycles. The molecule has 3 N–H and O–H groups in total. The van der Waals surface area contributed by atoms with Crippen LogP contribution in [0, 0.1) is 0 Å². The van der Waals surface area contributed by atoms with Gasteiger partial charge in [0.15, 0.2) is 0 Å². The number of hydrogen-bond donors (Lipinski definition) is 3. The maximum Gasteiger partial charge on any atom is 0.224 e. The standard InChI is InChI=1S/C11H18N4O/c1-2-12-10-13-7-4-9(14-10)15-11(8-16)5-3-6-11/h4,7,16H,2-3,5-6,8H2,1H3,(H2,12,13,14,15). The highest BCUT2D eigenvalue weighted by Gasteiger charge is 2.36. The van der Waals surface area contributed by atoms with E-state index >= 15 is 0 Å². The monoisotopic (exact) mass is 222 g/mol. The number of hydrogen-bond acceptors (Lipinski definition) is 5. The fourth-order valence-electron chi connectivity index (χ4n) is 1.87. The smallest absolute Gasteiger partial charge is 0.224 e. The highest BCUT2D eigenvalue weighted by atomic mass is 16.3. The summed E-state index contributed by atoms with van der Waals surface area (Å²) >= 11 is 0. The van der Waals surface area contributed by atoms with Gasteiger partial charge in [-0.2, -0.15) is 4.98 Å². The first-order chi connectivity index (χ1) is 7.78. The molecule has 5 heteroatoms. The third kappa shape index (κ3) is 2.24. The Hall–Kier alpha value is -1.36. The minimum absolute atomic E-state index is 0.155. The van der Waals surface area contributed by atoms with Crippen LogP contribution in [0.15, 0.2) is 12.3 Å². The lowest BCUT2D eigenvalue weighted by Gasteiger charge is -2.41. The summed E-state index contributed by atoms with van der Waals surface area (Å²) in [7, 11) is 0. The molecule has 0 saturated heterocycles. The van der Waals surface area contributed by atoms with Crippen LogP contribution in [0.5, 0.6) is 0 Å². The van der Waals surface area contributed by atoms with Gasteiger partial charge in [-0.1, -0.05) is 0 Å². The maximum atomic E-state index is 9.35. The van der Waals surface area contributed by atoms with Gasteiger partial charge in [0.25, 0.3) is 0 Å². The molecule has 0 aromatic carbocycles. The van der Waals surface area contributed by atoms with Crippen LogP contribution in [0.4, 0.5) is 11.8 Å². The normalized spacial score (nSPS) is 17.6. The molecule has 1 heterocycles. The van der Waals surface area contributed by atoms with Crippen molar-refractivity contribution >= 4 is 11.8 Å². The number of rotatable bonds is 5. The fourth-order valence-corrected chi connectivity index (χ4v) is 1.87. The maximum absolute atomic E-state index is 9.35. The second kappa shape index (κ2) is 4.65. The summed E-state index contributed by atoms with van der Waals surface area (Å²) in [5.74, 6) is 1.40. The van der Waals surface area contributed by atoms with Crippen molar-refractivity contribution in [1.82, 2.24) is 9.97 Å². The molecule has 0 spiro atoms. The Labute approximate surface area is 95.3 Å². The van der Waals surface area contributed by atoms with Gasteiger partial charge in [0.2, 0.25) is 5.95 Å². The molecule has 1 aliphatic rings. The SMILES string of the molecule is CCNc1nccc(NC2(CO)CCC2)n1. The summed E-state index contributed by atoms with van der Waals surface area (Å²) in [5.41, 5.74) is -0.155. The van der Waals surface area contributed by atoms with Crippen molar-refractivity contribution in [3.05, 3.63) is 12.3 Å². The van der Waals surface area contributed by atoms with Crippen molar-refractivity contribution in [1.29, 1.82) is 0 Å². The van der Waals surface area contributed by atoms with Crippen LogP contribution in [0.25, 0.3) is 0 Å². The zero-order valence-corrected chi connectivity index (χ0v) is 9.53. The Balaban J connectivity index is 2.05. The Bertz CT molecular complexity index is 346. The molecule has 16 heavy (non-hydrogen) atoms. The van der Waals surface area contributed by atoms with Crippen molar-refractivity contribution in [2.45, 2.75) is 31.7 Å². The summed E-state index contributed by atoms with van der Waals surface area (Å²) in [6.07, 6.45) is 4.89. The highest BCUT2D eigenvalue weighted by Crippen LogP contribution is 2.34. The lowest BCUT2D eigenvalue weighted by molar-refractivity contribution is 0.144. The van der Waals surface area contributed by atoms with E-state index in [1.165, 1.54) is 6.42 Å². The number of nitrogens with zero attached hydrogens (tertiary/aromatic N) is 2. The molecule has 0 atom stereocenters. The van der Waals surface area contributed by atoms with Gasteiger partial charge in [-0.25, -0.2) is 4.98 Å². The van der Waals surface area contributed by atoms with E-state index in [0.29, 0.717) is 5.95 Å². The predicted octanol–water partition coefficient (Wildman–Crippen LogP) is 1.24. The minimum atomic E-state index is -0.155. The molecular weight excluding hydrogens is 204 g/mol. The van der Waals surface area contributed by atoms with Gasteiger partial charge in [-0.15, -0.1) is 0 Å². The first-order valence-electron chi connectivity index (χ1n) is 5.74. The van der Waals surface area contributed by atoms with Gasteiger partial charge in [-0.05, 0) is 32.3 Å². The topological polar surface area (TPSA) is 70.1 Å². The zero-order chi connectivity index (χ0) is 11.4. The van der Waals surface area contributed by atoms with Crippen LogP contribution in [-0.4, -0.2) is 33.8 Å². The summed E-state index contributed by atoms with van der Waals surface area (Å²) < 4.78 is 0. The molecule has 2 rings (SSSR count). The van der Waals surface area contributed by atoms with Crippen molar-refractivity contribution in [2.75, 3.05) is 23.8 Å². The van der Waals surface area contributed by atoms with E-state index in [9.17, 15) is 5.11 Å². The van der Waals surface area contributed by atoms with Crippen molar-refractivity contribution < 1.29 is 5.11 Å². The van der Waals surface area contributed by atoms with Crippen LogP contribution < -0.4 is 10.6 Å². The summed E-state index contributed by atoms with van der Waals surface area (Å²) in [6.45, 7) is 2.97. The fraction of sp³-hybridized carbons (Fsp3) is 0.636. The van der Waals surface area contributed by atoms with Gasteiger partial charge in [-0.3, -0.25) is 0 Å². The molecule has 1 aliphatic carbocycles. The van der Waals surface area contributed by atoms with Gasteiger partial charge < -0.3 is 15.7 Å². The molecule has 0 amide bonds. The van der Waals surface area contributed by atoms with Crippen LogP contribution in [0.3, 0.4) is 0 Å². The van der Waals surface area contributed by atoms with Crippen LogP contribution in [0.2, 0.25) is 0 Å². The first kappa shape index (κ1) is 11.1. The molecule has 1 saturated carbocycles. The summed E-state index contributed by atoms with van der Waals surface area (Å²) in [6, 6.07) is 1.83. The average Bonchev–Trinajstić information content (AvgIpc) is 2.25. The number of aliphatic hydroxyl groups excluding tert-OH is 1. The van der Waals surface area contributed by atoms with E-state index in [-0.39, 0.29) is 12.1 Å². The minimum Gasteiger partial charge on any atom is -0.394 e. The third-order valence-corrected chi connectivity index (χ3v) is 3.00. The Kier molecular flexibility index (Phi) is 3.24. The van der Waals surface area contributed by atoms with E-state index in [0.717, 1.165) is 25.2 Å². The largest absolute Gasteiger partial charge is 0.394 e. The summed E-state index contributed by atoms with van der Waals surface area (Å²) in [4.78, 5) is 8.44. The van der Waals surface area contributed by atoms with Crippen LogP contribution in [0.1, 0.15) is 26.2 Å². The third-order valence-electron chi connectivity index (χ3n) is 3.00. The number of nitrogens with one attached hydrogen (secondary N) is 2. The molecule has 88 valence electrons. The van der Waals surface area contributed by atoms with E-state index in [1.54, 1.807) is 6.20 Å². The molecule has 1 fully saturated rings. The first-order valence-corrected chi connectivity index (χ1v) is 5.74. The number of aromatic nitrogens is 2. The lowest BCUT2D eigenvalue weighted by Crippen LogP contribution is -2.48. The second-order valence-corrected chi connectivity index (χ2v) is 4.21. The molecule has 0 unspecified atom stereocenters. The number of anilines is 2. The van der Waals surface area contributed by atoms with Gasteiger partial charge in [0.05, 0.1) is 12.1 Å². The Morgan fingerprint density at radius 1 is 1.50 bits per heavy atom. The molecule has 0 aliphatic heterocycles. The van der Waals surface area contributed by atoms with E-state index < -0.39 is 0 Å². The lowest BCUT2D eigenvalue weighted by atomic mass is 9.77. The molecular formula is C11H18N4O. The van der Waals surface area contributed by atoms with E-state index in [4.69, 9.17) is 0 Å².